The number of likely N-dealkylation sites (tertiary alicyclic amines) is 2. The third-order valence-electron chi connectivity index (χ3n) is 3.68. The Bertz CT molecular complexity index is 336. The molecule has 0 aromatic rings. The molecule has 0 N–H and O–H groups in total. The number of hydrogen-bond donors (Lipinski definition) is 0. The zero-order valence-corrected chi connectivity index (χ0v) is 10.9. The predicted octanol–water partition coefficient (Wildman–Crippen LogP) is 1.74. The molecular weight excluding hydrogens is 245 g/mol. The second-order valence-corrected chi connectivity index (χ2v) is 6.31. The van der Waals surface area contributed by atoms with Crippen LogP contribution < -0.4 is 0 Å². The van der Waals surface area contributed by atoms with E-state index in [0.717, 1.165) is 0 Å². The van der Waals surface area contributed by atoms with Gasteiger partial charge in [-0.15, -0.1) is 0 Å². The molecule has 2 fully saturated rings. The Hall–Kier alpha value is -0.780. The minimum Gasteiger partial charge on any atom is -0.339 e. The van der Waals surface area contributed by atoms with E-state index in [1.165, 1.54) is 0 Å². The Morgan fingerprint density at radius 3 is 1.94 bits per heavy atom. The van der Waals surface area contributed by atoms with Crippen molar-refractivity contribution in [2.24, 2.45) is 11.3 Å². The van der Waals surface area contributed by atoms with Gasteiger partial charge in [-0.05, 0) is 0 Å². The minimum absolute atomic E-state index is 0.0756. The van der Waals surface area contributed by atoms with Crippen molar-refractivity contribution < 1.29 is 18.0 Å². The highest BCUT2D eigenvalue weighted by atomic mass is 19.4. The lowest BCUT2D eigenvalue weighted by Gasteiger charge is -2.52. The molecule has 3 nitrogen and oxygen atoms in total. The highest BCUT2D eigenvalue weighted by Gasteiger charge is 2.51. The quantitative estimate of drug-likeness (QED) is 0.720. The molecule has 0 aromatic heterocycles. The Balaban J connectivity index is 1.74. The second-order valence-electron chi connectivity index (χ2n) is 6.31. The molecule has 0 spiro atoms. The lowest BCUT2D eigenvalue weighted by atomic mass is 9.90. The molecule has 1 amide bonds. The monoisotopic (exact) mass is 264 g/mol. The van der Waals surface area contributed by atoms with E-state index in [0.29, 0.717) is 13.1 Å². The van der Waals surface area contributed by atoms with Crippen molar-refractivity contribution in [1.29, 1.82) is 0 Å². The smallest absolute Gasteiger partial charge is 0.339 e. The van der Waals surface area contributed by atoms with Crippen LogP contribution in [0.3, 0.4) is 0 Å². The summed E-state index contributed by atoms with van der Waals surface area (Å²) in [5.74, 6) is -1.10. The van der Waals surface area contributed by atoms with Crippen molar-refractivity contribution in [1.82, 2.24) is 9.80 Å². The lowest BCUT2D eigenvalue weighted by Crippen LogP contribution is -2.68. The summed E-state index contributed by atoms with van der Waals surface area (Å²) in [6.45, 7) is 6.88. The van der Waals surface area contributed by atoms with Crippen LogP contribution in [0.2, 0.25) is 0 Å². The molecule has 2 rings (SSSR count). The fraction of sp³-hybridized carbons (Fsp3) is 0.917. The standard InChI is InChI=1S/C12H19F3N2O/c1-11(2,3)10(18)17-6-9(7-17)16-4-8(5-16)12(13,14)15/h8-9H,4-7H2,1-3H3. The zero-order chi connectivity index (χ0) is 13.7. The number of rotatable bonds is 1. The summed E-state index contributed by atoms with van der Waals surface area (Å²) in [6.07, 6.45) is -4.07. The van der Waals surface area contributed by atoms with Gasteiger partial charge in [-0.1, -0.05) is 20.8 Å². The van der Waals surface area contributed by atoms with Crippen molar-refractivity contribution in [2.75, 3.05) is 26.2 Å². The summed E-state index contributed by atoms with van der Waals surface area (Å²) >= 11 is 0. The van der Waals surface area contributed by atoms with Crippen LogP contribution in [0.5, 0.6) is 0 Å². The Kier molecular flexibility index (Phi) is 3.12. The van der Waals surface area contributed by atoms with Crippen LogP contribution in [0.4, 0.5) is 13.2 Å². The predicted molar refractivity (Wildman–Crippen MR) is 60.9 cm³/mol. The first-order valence-electron chi connectivity index (χ1n) is 6.19. The molecular formula is C12H19F3N2O. The first-order chi connectivity index (χ1) is 8.09. The van der Waals surface area contributed by atoms with Gasteiger partial charge in [0.25, 0.3) is 0 Å². The number of nitrogens with zero attached hydrogens (tertiary/aromatic N) is 2. The maximum absolute atomic E-state index is 12.3. The molecule has 0 aromatic carbocycles. The fourth-order valence-electron chi connectivity index (χ4n) is 2.34. The van der Waals surface area contributed by atoms with E-state index in [4.69, 9.17) is 0 Å². The van der Waals surface area contributed by atoms with Crippen molar-refractivity contribution in [3.05, 3.63) is 0 Å². The number of alkyl halides is 3. The van der Waals surface area contributed by atoms with Gasteiger partial charge in [-0.3, -0.25) is 9.69 Å². The second kappa shape index (κ2) is 4.11. The van der Waals surface area contributed by atoms with Crippen LogP contribution in [0.15, 0.2) is 0 Å². The highest BCUT2D eigenvalue weighted by Crippen LogP contribution is 2.36. The third kappa shape index (κ3) is 2.48. The van der Waals surface area contributed by atoms with Crippen LogP contribution >= 0.6 is 0 Å². The van der Waals surface area contributed by atoms with Crippen LogP contribution in [0, 0.1) is 11.3 Å². The van der Waals surface area contributed by atoms with Gasteiger partial charge in [0.2, 0.25) is 5.91 Å². The van der Waals surface area contributed by atoms with Crippen molar-refractivity contribution >= 4 is 5.91 Å². The van der Waals surface area contributed by atoms with Crippen molar-refractivity contribution in [3.63, 3.8) is 0 Å². The van der Waals surface area contributed by atoms with E-state index in [-0.39, 0.29) is 25.0 Å². The van der Waals surface area contributed by atoms with Crippen LogP contribution in [-0.2, 0) is 4.79 Å². The summed E-state index contributed by atoms with van der Waals surface area (Å²) in [6, 6.07) is 0.120. The summed E-state index contributed by atoms with van der Waals surface area (Å²) < 4.78 is 37.0. The third-order valence-corrected chi connectivity index (χ3v) is 3.68. The number of hydrogen-bond acceptors (Lipinski definition) is 2. The van der Waals surface area contributed by atoms with Gasteiger partial charge in [0.1, 0.15) is 0 Å². The molecule has 2 aliphatic heterocycles. The minimum atomic E-state index is -4.07. The van der Waals surface area contributed by atoms with E-state index < -0.39 is 17.5 Å². The Morgan fingerprint density at radius 1 is 1.06 bits per heavy atom. The maximum Gasteiger partial charge on any atom is 0.394 e. The van der Waals surface area contributed by atoms with Gasteiger partial charge in [0.15, 0.2) is 0 Å². The van der Waals surface area contributed by atoms with E-state index in [9.17, 15) is 18.0 Å². The van der Waals surface area contributed by atoms with Crippen molar-refractivity contribution in [3.8, 4) is 0 Å². The Labute approximate surface area is 105 Å². The lowest BCUT2D eigenvalue weighted by molar-refractivity contribution is -0.220. The number of carbonyl (C=O) groups is 1. The average Bonchev–Trinajstić information content (AvgIpc) is 2.00. The van der Waals surface area contributed by atoms with E-state index >= 15 is 0 Å². The number of amides is 1. The van der Waals surface area contributed by atoms with Crippen LogP contribution in [0.25, 0.3) is 0 Å². The van der Waals surface area contributed by atoms with Gasteiger partial charge < -0.3 is 4.90 Å². The largest absolute Gasteiger partial charge is 0.394 e. The number of carbonyl (C=O) groups excluding carboxylic acids is 1. The summed E-state index contributed by atoms with van der Waals surface area (Å²) in [4.78, 5) is 15.4. The zero-order valence-electron chi connectivity index (χ0n) is 10.9. The molecule has 0 bridgehead atoms. The van der Waals surface area contributed by atoms with Crippen LogP contribution in [0.1, 0.15) is 20.8 Å². The topological polar surface area (TPSA) is 23.6 Å². The van der Waals surface area contributed by atoms with Crippen LogP contribution in [-0.4, -0.2) is 54.1 Å². The SMILES string of the molecule is CC(C)(C)C(=O)N1CC(N2CC(C(F)(F)F)C2)C1. The summed E-state index contributed by atoms with van der Waals surface area (Å²) in [5, 5.41) is 0. The fourth-order valence-corrected chi connectivity index (χ4v) is 2.34. The molecule has 6 heteroatoms. The van der Waals surface area contributed by atoms with E-state index in [1.807, 2.05) is 25.7 Å². The molecule has 104 valence electrons. The highest BCUT2D eigenvalue weighted by molar-refractivity contribution is 5.82. The molecule has 18 heavy (non-hydrogen) atoms. The molecule has 2 aliphatic rings. The number of halogens is 3. The van der Waals surface area contributed by atoms with E-state index in [1.54, 1.807) is 4.90 Å². The first-order valence-corrected chi connectivity index (χ1v) is 6.19. The average molecular weight is 264 g/mol. The van der Waals surface area contributed by atoms with Gasteiger partial charge >= 0.3 is 6.18 Å². The molecule has 0 aliphatic carbocycles. The molecule has 0 unspecified atom stereocenters. The maximum atomic E-state index is 12.3. The molecule has 0 saturated carbocycles. The normalized spacial score (nSPS) is 23.8. The van der Waals surface area contributed by atoms with Gasteiger partial charge in [0.05, 0.1) is 5.92 Å². The molecule has 0 atom stereocenters. The van der Waals surface area contributed by atoms with Crippen molar-refractivity contribution in [2.45, 2.75) is 33.0 Å². The molecule has 0 radical (unpaired) electrons. The van der Waals surface area contributed by atoms with Gasteiger partial charge in [0, 0.05) is 37.6 Å². The van der Waals surface area contributed by atoms with Gasteiger partial charge in [-0.2, -0.15) is 13.2 Å². The summed E-state index contributed by atoms with van der Waals surface area (Å²) in [7, 11) is 0. The molecule has 2 heterocycles. The van der Waals surface area contributed by atoms with Gasteiger partial charge in [-0.25, -0.2) is 0 Å². The Morgan fingerprint density at radius 2 is 1.56 bits per heavy atom. The summed E-state index contributed by atoms with van der Waals surface area (Å²) in [5.41, 5.74) is -0.408. The first kappa shape index (κ1) is 13.6. The van der Waals surface area contributed by atoms with E-state index in [2.05, 4.69) is 0 Å². The molecule has 2 saturated heterocycles.